The van der Waals surface area contributed by atoms with E-state index in [1.165, 1.54) is 0 Å². The van der Waals surface area contributed by atoms with Gasteiger partial charge < -0.3 is 14.5 Å². The van der Waals surface area contributed by atoms with Crippen LogP contribution in [0.3, 0.4) is 0 Å². The van der Waals surface area contributed by atoms with Crippen LogP contribution in [0.25, 0.3) is 0 Å². The second-order valence-electron chi connectivity index (χ2n) is 3.67. The fourth-order valence-corrected chi connectivity index (χ4v) is 1.91. The van der Waals surface area contributed by atoms with Gasteiger partial charge in [-0.25, -0.2) is 0 Å². The van der Waals surface area contributed by atoms with Gasteiger partial charge in [0, 0.05) is 12.1 Å². The molecule has 2 rings (SSSR count). The van der Waals surface area contributed by atoms with Gasteiger partial charge in [-0.15, -0.1) is 0 Å². The molecule has 0 aliphatic rings. The summed E-state index contributed by atoms with van der Waals surface area (Å²) in [7, 11) is 1.91. The van der Waals surface area contributed by atoms with E-state index in [0.717, 1.165) is 28.1 Å². The van der Waals surface area contributed by atoms with Gasteiger partial charge in [0.2, 0.25) is 0 Å². The van der Waals surface area contributed by atoms with E-state index < -0.39 is 0 Å². The lowest BCUT2D eigenvalue weighted by Gasteiger charge is -2.05. The van der Waals surface area contributed by atoms with Crippen LogP contribution in [0, 0.1) is 0 Å². The predicted molar refractivity (Wildman–Crippen MR) is 69.9 cm³/mol. The summed E-state index contributed by atoms with van der Waals surface area (Å²) < 4.78 is 12.0. The lowest BCUT2D eigenvalue weighted by molar-refractivity contribution is 0.269. The molecule has 0 bridgehead atoms. The summed E-state index contributed by atoms with van der Waals surface area (Å²) in [5.74, 6) is 1.64. The van der Waals surface area contributed by atoms with Crippen molar-refractivity contribution in [2.75, 3.05) is 7.05 Å². The van der Waals surface area contributed by atoms with Gasteiger partial charge in [-0.1, -0.05) is 12.1 Å². The van der Waals surface area contributed by atoms with Crippen LogP contribution >= 0.6 is 15.9 Å². The van der Waals surface area contributed by atoms with E-state index in [1.807, 2.05) is 37.4 Å². The van der Waals surface area contributed by atoms with Crippen LogP contribution in [-0.4, -0.2) is 7.05 Å². The van der Waals surface area contributed by atoms with Crippen molar-refractivity contribution in [2.24, 2.45) is 0 Å². The van der Waals surface area contributed by atoms with E-state index in [2.05, 4.69) is 21.2 Å². The third-order valence-corrected chi connectivity index (χ3v) is 2.95. The molecule has 1 aromatic carbocycles. The maximum absolute atomic E-state index is 5.65. The first-order chi connectivity index (χ1) is 8.29. The molecule has 0 fully saturated rings. The number of nitrogens with one attached hydrogen (secondary N) is 1. The fraction of sp³-hybridized carbons (Fsp3) is 0.231. The Morgan fingerprint density at radius 1 is 1.35 bits per heavy atom. The van der Waals surface area contributed by atoms with Crippen LogP contribution < -0.4 is 10.1 Å². The molecule has 0 spiro atoms. The number of hydrogen-bond acceptors (Lipinski definition) is 3. The maximum Gasteiger partial charge on any atom is 0.146 e. The first-order valence-electron chi connectivity index (χ1n) is 5.38. The predicted octanol–water partition coefficient (Wildman–Crippen LogP) is 3.34. The molecule has 17 heavy (non-hydrogen) atoms. The number of rotatable bonds is 5. The summed E-state index contributed by atoms with van der Waals surface area (Å²) in [5.41, 5.74) is 1.12. The van der Waals surface area contributed by atoms with Gasteiger partial charge in [0.1, 0.15) is 18.1 Å². The average molecular weight is 296 g/mol. The summed E-state index contributed by atoms with van der Waals surface area (Å²) in [4.78, 5) is 0. The lowest BCUT2D eigenvalue weighted by Crippen LogP contribution is -2.03. The van der Waals surface area contributed by atoms with Gasteiger partial charge in [0.25, 0.3) is 0 Å². The third-order valence-electron chi connectivity index (χ3n) is 2.30. The third kappa shape index (κ3) is 3.35. The molecule has 0 saturated carbocycles. The first-order valence-corrected chi connectivity index (χ1v) is 6.17. The zero-order valence-electron chi connectivity index (χ0n) is 9.57. The highest BCUT2D eigenvalue weighted by Crippen LogP contribution is 2.24. The molecule has 0 unspecified atom stereocenters. The molecule has 1 N–H and O–H groups in total. The Morgan fingerprint density at radius 2 is 2.18 bits per heavy atom. The largest absolute Gasteiger partial charge is 0.484 e. The van der Waals surface area contributed by atoms with Crippen LogP contribution in [0.15, 0.2) is 45.5 Å². The Bertz CT molecular complexity index is 482. The molecule has 0 radical (unpaired) electrons. The normalized spacial score (nSPS) is 10.5. The quantitative estimate of drug-likeness (QED) is 0.919. The number of furan rings is 1. The minimum absolute atomic E-state index is 0.437. The second kappa shape index (κ2) is 5.89. The first kappa shape index (κ1) is 12.2. The number of ether oxygens (including phenoxy) is 1. The smallest absolute Gasteiger partial charge is 0.146 e. The van der Waals surface area contributed by atoms with Gasteiger partial charge in [-0.2, -0.15) is 0 Å². The van der Waals surface area contributed by atoms with E-state index in [9.17, 15) is 0 Å². The highest BCUT2D eigenvalue weighted by molar-refractivity contribution is 9.10. The molecular formula is C13H14BrNO2. The monoisotopic (exact) mass is 295 g/mol. The Hall–Kier alpha value is -1.26. The Balaban J connectivity index is 1.95. The van der Waals surface area contributed by atoms with Crippen LogP contribution in [0.1, 0.15) is 11.3 Å². The molecule has 0 saturated heterocycles. The highest BCUT2D eigenvalue weighted by Gasteiger charge is 2.04. The highest BCUT2D eigenvalue weighted by atomic mass is 79.9. The van der Waals surface area contributed by atoms with E-state index in [1.54, 1.807) is 6.26 Å². The Morgan fingerprint density at radius 3 is 2.94 bits per heavy atom. The molecule has 3 nitrogen and oxygen atoms in total. The van der Waals surface area contributed by atoms with Crippen LogP contribution in [-0.2, 0) is 13.2 Å². The second-order valence-corrected chi connectivity index (χ2v) is 4.53. The van der Waals surface area contributed by atoms with Crippen molar-refractivity contribution >= 4 is 15.9 Å². The fourth-order valence-electron chi connectivity index (χ4n) is 1.51. The molecule has 1 heterocycles. The van der Waals surface area contributed by atoms with Crippen molar-refractivity contribution in [3.63, 3.8) is 0 Å². The molecular weight excluding hydrogens is 282 g/mol. The van der Waals surface area contributed by atoms with Gasteiger partial charge in [-0.3, -0.25) is 0 Å². The van der Waals surface area contributed by atoms with E-state index >= 15 is 0 Å². The molecule has 90 valence electrons. The van der Waals surface area contributed by atoms with Crippen molar-refractivity contribution in [3.8, 4) is 5.75 Å². The van der Waals surface area contributed by atoms with Crippen molar-refractivity contribution in [1.29, 1.82) is 0 Å². The summed E-state index contributed by atoms with van der Waals surface area (Å²) in [6, 6.07) is 9.75. The van der Waals surface area contributed by atoms with E-state index in [0.29, 0.717) is 6.61 Å². The van der Waals surface area contributed by atoms with Crippen molar-refractivity contribution in [2.45, 2.75) is 13.2 Å². The van der Waals surface area contributed by atoms with E-state index in [-0.39, 0.29) is 0 Å². The summed E-state index contributed by atoms with van der Waals surface area (Å²) in [5, 5.41) is 3.07. The topological polar surface area (TPSA) is 34.4 Å². The number of benzene rings is 1. The summed E-state index contributed by atoms with van der Waals surface area (Å²) >= 11 is 3.43. The number of hydrogen-bond donors (Lipinski definition) is 1. The number of para-hydroxylation sites is 1. The molecule has 0 atom stereocenters. The zero-order valence-corrected chi connectivity index (χ0v) is 11.2. The Labute approximate surface area is 109 Å². The van der Waals surface area contributed by atoms with Crippen molar-refractivity contribution < 1.29 is 9.15 Å². The van der Waals surface area contributed by atoms with Crippen molar-refractivity contribution in [1.82, 2.24) is 5.32 Å². The van der Waals surface area contributed by atoms with Crippen LogP contribution in [0.2, 0.25) is 0 Å². The molecule has 2 aromatic rings. The zero-order chi connectivity index (χ0) is 12.1. The van der Waals surface area contributed by atoms with Crippen LogP contribution in [0.5, 0.6) is 5.75 Å². The molecule has 0 aliphatic carbocycles. The lowest BCUT2D eigenvalue weighted by atomic mass is 10.3. The SMILES string of the molecule is CNCc1coc(COc2ccccc2Br)c1. The summed E-state index contributed by atoms with van der Waals surface area (Å²) in [6.45, 7) is 1.24. The molecule has 4 heteroatoms. The van der Waals surface area contributed by atoms with Gasteiger partial charge in [0.05, 0.1) is 10.7 Å². The molecule has 1 aromatic heterocycles. The minimum atomic E-state index is 0.437. The maximum atomic E-state index is 5.65. The Kier molecular flexibility index (Phi) is 4.23. The summed E-state index contributed by atoms with van der Waals surface area (Å²) in [6.07, 6.45) is 1.75. The van der Waals surface area contributed by atoms with E-state index in [4.69, 9.17) is 9.15 Å². The minimum Gasteiger partial charge on any atom is -0.484 e. The average Bonchev–Trinajstić information content (AvgIpc) is 2.76. The van der Waals surface area contributed by atoms with Gasteiger partial charge in [-0.05, 0) is 41.2 Å². The van der Waals surface area contributed by atoms with Crippen molar-refractivity contribution in [3.05, 3.63) is 52.4 Å². The van der Waals surface area contributed by atoms with Gasteiger partial charge in [0.15, 0.2) is 0 Å². The standard InChI is InChI=1S/C13H14BrNO2/c1-15-7-10-6-11(16-8-10)9-17-13-5-3-2-4-12(13)14/h2-6,8,15H,7,9H2,1H3. The molecule has 0 amide bonds. The number of halogens is 1. The van der Waals surface area contributed by atoms with Gasteiger partial charge >= 0.3 is 0 Å². The molecule has 0 aliphatic heterocycles. The van der Waals surface area contributed by atoms with Crippen LogP contribution in [0.4, 0.5) is 0 Å².